The highest BCUT2D eigenvalue weighted by atomic mass is 16.5. The number of carbonyl (C=O) groups excluding carboxylic acids is 1. The number of H-pyrrole nitrogens is 1. The lowest BCUT2D eigenvalue weighted by Gasteiger charge is -2.22. The van der Waals surface area contributed by atoms with Gasteiger partial charge in [-0.05, 0) is 12.8 Å². The molecule has 5 nitrogen and oxygen atoms in total. The highest BCUT2D eigenvalue weighted by Gasteiger charge is 2.17. The molecule has 1 saturated carbocycles. The Morgan fingerprint density at radius 2 is 2.12 bits per heavy atom. The largest absolute Gasteiger partial charge is 0.419 e. The van der Waals surface area contributed by atoms with E-state index < -0.39 is 5.97 Å². The minimum absolute atomic E-state index is 0.0954. The first-order valence-electron chi connectivity index (χ1n) is 5.66. The van der Waals surface area contributed by atoms with Crippen molar-refractivity contribution in [1.82, 2.24) is 9.78 Å². The van der Waals surface area contributed by atoms with Crippen molar-refractivity contribution in [2.45, 2.75) is 45.1 Å². The van der Waals surface area contributed by atoms with Gasteiger partial charge in [0.05, 0.1) is 6.20 Å². The third kappa shape index (κ3) is 2.35. The molecule has 1 N–H and O–H groups in total. The average molecular weight is 224 g/mol. The number of hydrogen-bond acceptors (Lipinski definition) is 3. The SMILES string of the molecule is CC(=O)Oc1cn(C2CCCCC2)[nH]c1=O. The van der Waals surface area contributed by atoms with Gasteiger partial charge in [-0.15, -0.1) is 0 Å². The molecule has 0 spiro atoms. The molecule has 88 valence electrons. The lowest BCUT2D eigenvalue weighted by atomic mass is 9.96. The van der Waals surface area contributed by atoms with Gasteiger partial charge in [0.15, 0.2) is 0 Å². The highest BCUT2D eigenvalue weighted by Crippen LogP contribution is 2.27. The molecule has 1 fully saturated rings. The fraction of sp³-hybridized carbons (Fsp3) is 0.636. The molecule has 0 bridgehead atoms. The third-order valence-electron chi connectivity index (χ3n) is 2.93. The van der Waals surface area contributed by atoms with Gasteiger partial charge in [-0.3, -0.25) is 19.4 Å². The summed E-state index contributed by atoms with van der Waals surface area (Å²) in [6.07, 6.45) is 7.38. The van der Waals surface area contributed by atoms with E-state index in [1.54, 1.807) is 10.9 Å². The molecule has 0 radical (unpaired) electrons. The van der Waals surface area contributed by atoms with Gasteiger partial charge in [0, 0.05) is 13.0 Å². The van der Waals surface area contributed by atoms with E-state index in [1.165, 1.54) is 26.2 Å². The second-order valence-electron chi connectivity index (χ2n) is 4.23. The number of rotatable bonds is 2. The molecule has 0 aromatic carbocycles. The van der Waals surface area contributed by atoms with Gasteiger partial charge in [-0.1, -0.05) is 19.3 Å². The summed E-state index contributed by atoms with van der Waals surface area (Å²) >= 11 is 0. The number of nitrogens with zero attached hydrogens (tertiary/aromatic N) is 1. The van der Waals surface area contributed by atoms with E-state index in [0.29, 0.717) is 6.04 Å². The van der Waals surface area contributed by atoms with Crippen molar-refractivity contribution in [1.29, 1.82) is 0 Å². The van der Waals surface area contributed by atoms with Gasteiger partial charge in [-0.25, -0.2) is 0 Å². The maximum atomic E-state index is 11.5. The first kappa shape index (κ1) is 11.0. The van der Waals surface area contributed by atoms with Crippen LogP contribution in [0.2, 0.25) is 0 Å². The number of esters is 1. The fourth-order valence-corrected chi connectivity index (χ4v) is 2.17. The van der Waals surface area contributed by atoms with Crippen LogP contribution in [0.4, 0.5) is 0 Å². The molecule has 16 heavy (non-hydrogen) atoms. The highest BCUT2D eigenvalue weighted by molar-refractivity contribution is 5.68. The van der Waals surface area contributed by atoms with Crippen LogP contribution in [0.1, 0.15) is 45.1 Å². The summed E-state index contributed by atoms with van der Waals surface area (Å²) in [6.45, 7) is 1.29. The second kappa shape index (κ2) is 4.55. The molecular weight excluding hydrogens is 208 g/mol. The van der Waals surface area contributed by atoms with Crippen LogP contribution < -0.4 is 10.3 Å². The molecule has 0 unspecified atom stereocenters. The van der Waals surface area contributed by atoms with Gasteiger partial charge in [0.2, 0.25) is 5.75 Å². The van der Waals surface area contributed by atoms with Gasteiger partial charge >= 0.3 is 11.5 Å². The predicted octanol–water partition coefficient (Wildman–Crippen LogP) is 1.61. The molecule has 2 rings (SSSR count). The number of aromatic nitrogens is 2. The summed E-state index contributed by atoms with van der Waals surface area (Å²) in [5.74, 6) is -0.370. The van der Waals surface area contributed by atoms with E-state index >= 15 is 0 Å². The molecule has 1 aromatic rings. The van der Waals surface area contributed by atoms with Crippen LogP contribution in [-0.4, -0.2) is 15.7 Å². The van der Waals surface area contributed by atoms with E-state index in [4.69, 9.17) is 4.74 Å². The number of ether oxygens (including phenoxy) is 1. The van der Waals surface area contributed by atoms with Crippen molar-refractivity contribution in [3.63, 3.8) is 0 Å². The topological polar surface area (TPSA) is 64.1 Å². The van der Waals surface area contributed by atoms with Crippen molar-refractivity contribution < 1.29 is 9.53 Å². The molecule has 0 aliphatic heterocycles. The Labute approximate surface area is 93.4 Å². The number of nitrogens with one attached hydrogen (secondary N) is 1. The van der Waals surface area contributed by atoms with Crippen LogP contribution in [0.3, 0.4) is 0 Å². The van der Waals surface area contributed by atoms with Gasteiger partial charge in [-0.2, -0.15) is 0 Å². The summed E-state index contributed by atoms with van der Waals surface area (Å²) in [4.78, 5) is 22.2. The van der Waals surface area contributed by atoms with Crippen LogP contribution in [-0.2, 0) is 4.79 Å². The van der Waals surface area contributed by atoms with Gasteiger partial charge in [0.25, 0.3) is 0 Å². The standard InChI is InChI=1S/C11H16N2O3/c1-8(14)16-10-7-13(12-11(10)15)9-5-3-2-4-6-9/h7,9H,2-6H2,1H3,(H,12,15). The predicted molar refractivity (Wildman–Crippen MR) is 58.5 cm³/mol. The lowest BCUT2D eigenvalue weighted by Crippen LogP contribution is -2.15. The first-order valence-corrected chi connectivity index (χ1v) is 5.66. The minimum atomic E-state index is -0.466. The van der Waals surface area contributed by atoms with E-state index in [2.05, 4.69) is 5.10 Å². The minimum Gasteiger partial charge on any atom is -0.419 e. The van der Waals surface area contributed by atoms with Crippen molar-refractivity contribution in [2.75, 3.05) is 0 Å². The Balaban J connectivity index is 2.16. The maximum absolute atomic E-state index is 11.5. The smallest absolute Gasteiger partial charge is 0.308 e. The Kier molecular flexibility index (Phi) is 3.12. The van der Waals surface area contributed by atoms with Crippen LogP contribution in [0.5, 0.6) is 5.75 Å². The molecule has 5 heteroatoms. The second-order valence-corrected chi connectivity index (χ2v) is 4.23. The Morgan fingerprint density at radius 1 is 1.44 bits per heavy atom. The monoisotopic (exact) mass is 224 g/mol. The van der Waals surface area contributed by atoms with Crippen molar-refractivity contribution in [3.8, 4) is 5.75 Å². The molecule has 1 aliphatic carbocycles. The Hall–Kier alpha value is -1.52. The molecule has 0 atom stereocenters. The lowest BCUT2D eigenvalue weighted by molar-refractivity contribution is -0.131. The first-order chi connectivity index (χ1) is 7.66. The van der Waals surface area contributed by atoms with Gasteiger partial charge < -0.3 is 4.74 Å². The van der Waals surface area contributed by atoms with Crippen LogP contribution in [0.15, 0.2) is 11.0 Å². The zero-order valence-electron chi connectivity index (χ0n) is 9.36. The van der Waals surface area contributed by atoms with Crippen LogP contribution >= 0.6 is 0 Å². The zero-order chi connectivity index (χ0) is 11.5. The third-order valence-corrected chi connectivity index (χ3v) is 2.93. The number of carbonyl (C=O) groups is 1. The van der Waals surface area contributed by atoms with Crippen molar-refractivity contribution in [2.24, 2.45) is 0 Å². The van der Waals surface area contributed by atoms with Crippen LogP contribution in [0.25, 0.3) is 0 Å². The van der Waals surface area contributed by atoms with Gasteiger partial charge in [0.1, 0.15) is 0 Å². The molecule has 0 amide bonds. The van der Waals surface area contributed by atoms with E-state index in [9.17, 15) is 9.59 Å². The molecule has 1 aromatic heterocycles. The Morgan fingerprint density at radius 3 is 2.75 bits per heavy atom. The average Bonchev–Trinajstić information content (AvgIpc) is 2.61. The molecule has 0 saturated heterocycles. The summed E-state index contributed by atoms with van der Waals surface area (Å²) < 4.78 is 6.59. The Bertz CT molecular complexity index is 427. The maximum Gasteiger partial charge on any atom is 0.308 e. The number of hydrogen-bond donors (Lipinski definition) is 1. The van der Waals surface area contributed by atoms with E-state index in [0.717, 1.165) is 12.8 Å². The normalized spacial score (nSPS) is 17.3. The van der Waals surface area contributed by atoms with Crippen LogP contribution in [0, 0.1) is 0 Å². The van der Waals surface area contributed by atoms with Crippen molar-refractivity contribution >= 4 is 5.97 Å². The zero-order valence-corrected chi connectivity index (χ0v) is 9.36. The fourth-order valence-electron chi connectivity index (χ4n) is 2.17. The molecule has 1 aliphatic rings. The molecular formula is C11H16N2O3. The summed E-state index contributed by atoms with van der Waals surface area (Å²) in [6, 6.07) is 0.339. The van der Waals surface area contributed by atoms with Crippen molar-refractivity contribution in [3.05, 3.63) is 16.6 Å². The number of aromatic amines is 1. The summed E-state index contributed by atoms with van der Waals surface area (Å²) in [5, 5.41) is 2.70. The molecule has 1 heterocycles. The summed E-state index contributed by atoms with van der Waals surface area (Å²) in [5.41, 5.74) is -0.333. The summed E-state index contributed by atoms with van der Waals surface area (Å²) in [7, 11) is 0. The quantitative estimate of drug-likeness (QED) is 0.776. The van der Waals surface area contributed by atoms with E-state index in [-0.39, 0.29) is 11.3 Å². The van der Waals surface area contributed by atoms with E-state index in [1.807, 2.05) is 0 Å².